The van der Waals surface area contributed by atoms with Crippen LogP contribution in [-0.4, -0.2) is 35.1 Å². The zero-order valence-electron chi connectivity index (χ0n) is 18.2. The lowest BCUT2D eigenvalue weighted by molar-refractivity contribution is -0.384. The number of nitro groups is 1. The molecule has 2 fully saturated rings. The second-order valence-electron chi connectivity index (χ2n) is 8.62. The van der Waals surface area contributed by atoms with Gasteiger partial charge in [-0.05, 0) is 55.5 Å². The number of Topliss-reactive ketones (excluding diaryl/α,β-unsaturated/α-hetero) is 1. The number of carbonyl (C=O) groups is 4. The summed E-state index contributed by atoms with van der Waals surface area (Å²) in [4.78, 5) is 62.2. The maximum Gasteiger partial charge on any atom is 0.338 e. The van der Waals surface area contributed by atoms with Crippen LogP contribution in [0.15, 0.2) is 42.5 Å². The highest BCUT2D eigenvalue weighted by Crippen LogP contribution is 2.42. The summed E-state index contributed by atoms with van der Waals surface area (Å²) in [6.07, 6.45) is 2.23. The maximum absolute atomic E-state index is 12.9. The molecule has 1 aliphatic carbocycles. The van der Waals surface area contributed by atoms with Gasteiger partial charge in [0.2, 0.25) is 17.6 Å². The second kappa shape index (κ2) is 9.34. The second-order valence-corrected chi connectivity index (χ2v) is 9.02. The van der Waals surface area contributed by atoms with Crippen molar-refractivity contribution in [1.82, 2.24) is 0 Å². The van der Waals surface area contributed by atoms with Crippen molar-refractivity contribution in [2.24, 2.45) is 17.8 Å². The van der Waals surface area contributed by atoms with Gasteiger partial charge in [0, 0.05) is 11.6 Å². The Morgan fingerprint density at radius 2 is 1.82 bits per heavy atom. The highest BCUT2D eigenvalue weighted by atomic mass is 35.5. The lowest BCUT2D eigenvalue weighted by Gasteiger charge is -2.25. The van der Waals surface area contributed by atoms with E-state index in [9.17, 15) is 29.3 Å². The quantitative estimate of drug-likeness (QED) is 0.198. The predicted octanol–water partition coefficient (Wildman–Crippen LogP) is 4.21. The monoisotopic (exact) mass is 484 g/mol. The summed E-state index contributed by atoms with van der Waals surface area (Å²) in [7, 11) is 0. The first-order valence-electron chi connectivity index (χ1n) is 10.8. The van der Waals surface area contributed by atoms with Gasteiger partial charge < -0.3 is 4.74 Å². The zero-order valence-corrected chi connectivity index (χ0v) is 19.0. The Morgan fingerprint density at radius 3 is 2.56 bits per heavy atom. The summed E-state index contributed by atoms with van der Waals surface area (Å²) in [5.74, 6) is -2.29. The molecule has 1 saturated carbocycles. The summed E-state index contributed by atoms with van der Waals surface area (Å²) in [6, 6.07) is 9.48. The van der Waals surface area contributed by atoms with E-state index in [2.05, 4.69) is 6.92 Å². The number of halogens is 1. The van der Waals surface area contributed by atoms with Crippen molar-refractivity contribution < 1.29 is 28.8 Å². The molecule has 0 spiro atoms. The third-order valence-corrected chi connectivity index (χ3v) is 6.65. The Morgan fingerprint density at radius 1 is 1.09 bits per heavy atom. The highest BCUT2D eigenvalue weighted by Gasteiger charge is 2.50. The van der Waals surface area contributed by atoms with Crippen molar-refractivity contribution >= 4 is 46.5 Å². The lowest BCUT2D eigenvalue weighted by atomic mass is 9.76. The van der Waals surface area contributed by atoms with Gasteiger partial charge in [0.25, 0.3) is 5.69 Å². The molecule has 3 atom stereocenters. The number of esters is 1. The molecule has 4 rings (SSSR count). The number of ether oxygens (including phenoxy) is 1. The Balaban J connectivity index is 1.46. The van der Waals surface area contributed by atoms with Crippen LogP contribution >= 0.6 is 11.6 Å². The van der Waals surface area contributed by atoms with Crippen LogP contribution in [0, 0.1) is 27.9 Å². The third kappa shape index (κ3) is 4.43. The standard InChI is InChI=1S/C24H21ClN2O7/c1-13-5-7-17-18(9-13)23(30)26(22(17)29)16-4-2-3-15(10-16)24(31)34-12-21(28)14-6-8-19(25)20(11-14)27(32)33/h2-4,6,8,10-11,13,17-18H,5,7,9,12H2,1H3/t13-,17+,18+/m0/s1. The molecule has 9 nitrogen and oxygen atoms in total. The molecular weight excluding hydrogens is 464 g/mol. The molecule has 1 heterocycles. The fourth-order valence-electron chi connectivity index (χ4n) is 4.54. The van der Waals surface area contributed by atoms with Crippen LogP contribution in [0.4, 0.5) is 11.4 Å². The van der Waals surface area contributed by atoms with Crippen LogP contribution in [-0.2, 0) is 14.3 Å². The minimum atomic E-state index is -0.830. The van der Waals surface area contributed by atoms with E-state index >= 15 is 0 Å². The average Bonchev–Trinajstić information content (AvgIpc) is 3.06. The first kappa shape index (κ1) is 23.6. The number of fused-ring (bicyclic) bond motifs is 1. The van der Waals surface area contributed by atoms with E-state index < -0.39 is 29.0 Å². The van der Waals surface area contributed by atoms with Crippen LogP contribution in [0.1, 0.15) is 46.9 Å². The van der Waals surface area contributed by atoms with Gasteiger partial charge in [-0.25, -0.2) is 4.79 Å². The van der Waals surface area contributed by atoms with E-state index in [1.165, 1.54) is 30.3 Å². The molecule has 34 heavy (non-hydrogen) atoms. The predicted molar refractivity (Wildman–Crippen MR) is 122 cm³/mol. The van der Waals surface area contributed by atoms with Gasteiger partial charge in [0.1, 0.15) is 5.02 Å². The number of imide groups is 1. The molecule has 176 valence electrons. The summed E-state index contributed by atoms with van der Waals surface area (Å²) in [6.45, 7) is 1.42. The largest absolute Gasteiger partial charge is 0.454 e. The maximum atomic E-state index is 12.9. The van der Waals surface area contributed by atoms with Crippen molar-refractivity contribution in [2.75, 3.05) is 11.5 Å². The topological polar surface area (TPSA) is 124 Å². The van der Waals surface area contributed by atoms with Crippen molar-refractivity contribution in [2.45, 2.75) is 26.2 Å². The van der Waals surface area contributed by atoms with Crippen molar-refractivity contribution in [3.63, 3.8) is 0 Å². The average molecular weight is 485 g/mol. The fraction of sp³-hybridized carbons (Fsp3) is 0.333. The van der Waals surface area contributed by atoms with Gasteiger partial charge in [0.05, 0.1) is 28.0 Å². The van der Waals surface area contributed by atoms with E-state index in [-0.39, 0.29) is 45.5 Å². The Hall–Kier alpha value is -3.59. The number of carbonyl (C=O) groups excluding carboxylic acids is 4. The Bertz CT molecular complexity index is 1210. The number of nitrogens with zero attached hydrogens (tertiary/aromatic N) is 2. The molecule has 0 bridgehead atoms. The summed E-state index contributed by atoms with van der Waals surface area (Å²) in [5.41, 5.74) is -0.105. The smallest absolute Gasteiger partial charge is 0.338 e. The lowest BCUT2D eigenvalue weighted by Crippen LogP contribution is -2.31. The molecule has 0 radical (unpaired) electrons. The van der Waals surface area contributed by atoms with Crippen molar-refractivity contribution in [3.05, 3.63) is 68.7 Å². The molecule has 1 aliphatic heterocycles. The molecule has 1 saturated heterocycles. The van der Waals surface area contributed by atoms with Gasteiger partial charge in [0.15, 0.2) is 6.61 Å². The minimum Gasteiger partial charge on any atom is -0.454 e. The van der Waals surface area contributed by atoms with Crippen LogP contribution in [0.2, 0.25) is 5.02 Å². The van der Waals surface area contributed by atoms with Crippen molar-refractivity contribution in [1.29, 1.82) is 0 Å². The number of ketones is 1. The van der Waals surface area contributed by atoms with Gasteiger partial charge in [-0.1, -0.05) is 24.6 Å². The molecule has 2 amide bonds. The van der Waals surface area contributed by atoms with Crippen LogP contribution in [0.3, 0.4) is 0 Å². The molecule has 10 heteroatoms. The van der Waals surface area contributed by atoms with Gasteiger partial charge in [-0.2, -0.15) is 0 Å². The number of anilines is 1. The minimum absolute atomic E-state index is 0.0252. The number of rotatable bonds is 6. The van der Waals surface area contributed by atoms with E-state index in [0.29, 0.717) is 18.8 Å². The van der Waals surface area contributed by atoms with E-state index in [1.807, 2.05) is 0 Å². The Labute approximate surface area is 199 Å². The van der Waals surface area contributed by atoms with E-state index in [1.54, 1.807) is 6.07 Å². The normalized spacial score (nSPS) is 21.8. The number of hydrogen-bond acceptors (Lipinski definition) is 7. The van der Waals surface area contributed by atoms with Crippen LogP contribution in [0.25, 0.3) is 0 Å². The van der Waals surface area contributed by atoms with Gasteiger partial charge in [-0.15, -0.1) is 0 Å². The molecule has 2 aromatic rings. The van der Waals surface area contributed by atoms with Crippen molar-refractivity contribution in [3.8, 4) is 0 Å². The fourth-order valence-corrected chi connectivity index (χ4v) is 4.73. The van der Waals surface area contributed by atoms with Crippen LogP contribution in [0.5, 0.6) is 0 Å². The number of amides is 2. The molecule has 0 unspecified atom stereocenters. The summed E-state index contributed by atoms with van der Waals surface area (Å²) >= 11 is 5.75. The van der Waals surface area contributed by atoms with Gasteiger partial charge in [-0.3, -0.25) is 29.4 Å². The van der Waals surface area contributed by atoms with E-state index in [0.717, 1.165) is 17.4 Å². The molecule has 0 aromatic heterocycles. The summed E-state index contributed by atoms with van der Waals surface area (Å²) < 4.78 is 5.08. The first-order valence-corrected chi connectivity index (χ1v) is 11.2. The number of hydrogen-bond donors (Lipinski definition) is 0. The Kier molecular flexibility index (Phi) is 6.47. The van der Waals surface area contributed by atoms with E-state index in [4.69, 9.17) is 16.3 Å². The SMILES string of the molecule is C[C@H]1CC[C@H]2C(=O)N(c3cccc(C(=O)OCC(=O)c4ccc(Cl)c([N+](=O)[O-])c4)c3)C(=O)[C@@H]2C1. The number of benzene rings is 2. The zero-order chi connectivity index (χ0) is 24.6. The highest BCUT2D eigenvalue weighted by molar-refractivity contribution is 6.32. The molecule has 0 N–H and O–H groups in total. The molecule has 2 aromatic carbocycles. The summed E-state index contributed by atoms with van der Waals surface area (Å²) in [5, 5.41) is 10.9. The van der Waals surface area contributed by atoms with Crippen LogP contribution < -0.4 is 4.90 Å². The third-order valence-electron chi connectivity index (χ3n) is 6.33. The molecular formula is C24H21ClN2O7. The number of nitro benzene ring substituents is 1. The first-order chi connectivity index (χ1) is 16.2. The molecule has 2 aliphatic rings. The van der Waals surface area contributed by atoms with Gasteiger partial charge >= 0.3 is 5.97 Å².